The molecule has 5 atom stereocenters. The van der Waals surface area contributed by atoms with Gasteiger partial charge in [-0.15, -0.1) is 0 Å². The summed E-state index contributed by atoms with van der Waals surface area (Å²) in [5.74, 6) is 0.964. The Balaban J connectivity index is 5.21. The predicted molar refractivity (Wildman–Crippen MR) is 423 cm³/mol. The lowest BCUT2D eigenvalue weighted by Crippen LogP contribution is -2.30. The van der Waals surface area contributed by atoms with Crippen molar-refractivity contribution in [1.82, 2.24) is 0 Å². The molecule has 0 aliphatic rings. The SMILES string of the molecule is CC(C)CCCCCCCCCCCCCCCCCCCCC(=O)OC[C@H](COP(=O)(O)OC[C@@H](O)COP(=O)(O)OC[C@@H](COC(=O)CCCCCCCCC(C)C)OC(=O)CCCCCCCCCCCCCC(C)C)OC(=O)CCCCCCCCCCCCCCCCCCC(C)C. The van der Waals surface area contributed by atoms with Crippen molar-refractivity contribution in [2.45, 2.75) is 453 Å². The van der Waals surface area contributed by atoms with Crippen molar-refractivity contribution in [3.05, 3.63) is 0 Å². The average Bonchev–Trinajstić information content (AvgIpc) is 0.956. The molecule has 0 radical (unpaired) electrons. The Labute approximate surface area is 632 Å². The molecular formula is C84H164O17P2. The van der Waals surface area contributed by atoms with E-state index in [-0.39, 0.29) is 25.7 Å². The van der Waals surface area contributed by atoms with E-state index in [1.165, 1.54) is 231 Å². The van der Waals surface area contributed by atoms with Crippen molar-refractivity contribution in [2.75, 3.05) is 39.6 Å². The molecule has 17 nitrogen and oxygen atoms in total. The lowest BCUT2D eigenvalue weighted by Gasteiger charge is -2.21. The predicted octanol–water partition coefficient (Wildman–Crippen LogP) is 25.2. The maximum Gasteiger partial charge on any atom is 0.472 e. The van der Waals surface area contributed by atoms with Gasteiger partial charge in [0.1, 0.15) is 19.3 Å². The smallest absolute Gasteiger partial charge is 0.462 e. The lowest BCUT2D eigenvalue weighted by molar-refractivity contribution is -0.161. The molecule has 0 saturated heterocycles. The summed E-state index contributed by atoms with van der Waals surface area (Å²) < 4.78 is 68.8. The van der Waals surface area contributed by atoms with Gasteiger partial charge in [0.2, 0.25) is 0 Å². The fourth-order valence-electron chi connectivity index (χ4n) is 13.0. The quantitative estimate of drug-likeness (QED) is 0.0222. The van der Waals surface area contributed by atoms with Gasteiger partial charge in [0.15, 0.2) is 12.2 Å². The largest absolute Gasteiger partial charge is 0.472 e. The lowest BCUT2D eigenvalue weighted by atomic mass is 10.0. The third-order valence-electron chi connectivity index (χ3n) is 19.6. The highest BCUT2D eigenvalue weighted by Gasteiger charge is 2.30. The summed E-state index contributed by atoms with van der Waals surface area (Å²) in [7, 11) is -9.92. The number of hydrogen-bond acceptors (Lipinski definition) is 15. The van der Waals surface area contributed by atoms with Crippen LogP contribution in [0.25, 0.3) is 0 Å². The second kappa shape index (κ2) is 72.9. The fourth-order valence-corrected chi connectivity index (χ4v) is 14.5. The van der Waals surface area contributed by atoms with Crippen LogP contribution in [-0.4, -0.2) is 96.7 Å². The van der Waals surface area contributed by atoms with Gasteiger partial charge >= 0.3 is 39.5 Å². The molecule has 0 aliphatic carbocycles. The number of ether oxygens (including phenoxy) is 4. The number of aliphatic hydroxyl groups is 1. The van der Waals surface area contributed by atoms with E-state index in [1.54, 1.807) is 0 Å². The van der Waals surface area contributed by atoms with Crippen molar-refractivity contribution in [3.63, 3.8) is 0 Å². The van der Waals surface area contributed by atoms with Gasteiger partial charge in [0.05, 0.1) is 26.4 Å². The molecule has 0 spiro atoms. The van der Waals surface area contributed by atoms with Gasteiger partial charge in [-0.3, -0.25) is 37.3 Å². The monoisotopic (exact) mass is 1510 g/mol. The first-order valence-corrected chi connectivity index (χ1v) is 46.2. The summed E-state index contributed by atoms with van der Waals surface area (Å²) >= 11 is 0. The van der Waals surface area contributed by atoms with Crippen molar-refractivity contribution in [1.29, 1.82) is 0 Å². The molecule has 0 saturated carbocycles. The molecule has 0 rings (SSSR count). The molecule has 3 N–H and O–H groups in total. The minimum atomic E-state index is -4.97. The van der Waals surface area contributed by atoms with Gasteiger partial charge in [-0.05, 0) is 49.4 Å². The first-order chi connectivity index (χ1) is 49.6. The van der Waals surface area contributed by atoms with Gasteiger partial charge in [0.25, 0.3) is 0 Å². The topological polar surface area (TPSA) is 237 Å². The molecule has 0 bridgehead atoms. The van der Waals surface area contributed by atoms with E-state index in [1.807, 2.05) is 0 Å². The first-order valence-electron chi connectivity index (χ1n) is 43.2. The molecule has 2 unspecified atom stereocenters. The number of phosphoric acid groups is 2. The van der Waals surface area contributed by atoms with E-state index in [0.717, 1.165) is 114 Å². The van der Waals surface area contributed by atoms with Crippen LogP contribution in [0.15, 0.2) is 0 Å². The normalized spacial score (nSPS) is 14.0. The summed E-state index contributed by atoms with van der Waals surface area (Å²) in [4.78, 5) is 73.1. The van der Waals surface area contributed by atoms with E-state index in [9.17, 15) is 43.2 Å². The Morgan fingerprint density at radius 3 is 0.602 bits per heavy atom. The Kier molecular flexibility index (Phi) is 71.5. The van der Waals surface area contributed by atoms with Crippen LogP contribution in [0, 0.1) is 23.7 Å². The van der Waals surface area contributed by atoms with E-state index >= 15 is 0 Å². The molecular weight excluding hydrogens is 1340 g/mol. The molecule has 0 aromatic rings. The Morgan fingerprint density at radius 2 is 0.408 bits per heavy atom. The van der Waals surface area contributed by atoms with Crippen LogP contribution in [0.5, 0.6) is 0 Å². The third-order valence-corrected chi connectivity index (χ3v) is 21.5. The highest BCUT2D eigenvalue weighted by atomic mass is 31.2. The van der Waals surface area contributed by atoms with Crippen LogP contribution in [0.3, 0.4) is 0 Å². The fraction of sp³-hybridized carbons (Fsp3) is 0.952. The number of carbonyl (C=O) groups is 4. The molecule has 0 fully saturated rings. The maximum atomic E-state index is 13.1. The number of carbonyl (C=O) groups excluding carboxylic acids is 4. The summed E-state index contributed by atoms with van der Waals surface area (Å²) in [6.45, 7) is 14.2. The zero-order valence-corrected chi connectivity index (χ0v) is 69.7. The van der Waals surface area contributed by atoms with E-state index in [2.05, 4.69) is 55.4 Å². The molecule has 19 heteroatoms. The number of esters is 4. The first kappa shape index (κ1) is 101. The minimum Gasteiger partial charge on any atom is -0.462 e. The molecule has 0 heterocycles. The summed E-state index contributed by atoms with van der Waals surface area (Å²) in [6, 6.07) is 0. The number of unbranched alkanes of at least 4 members (excludes halogenated alkanes) is 47. The third kappa shape index (κ3) is 78.0. The van der Waals surface area contributed by atoms with Gasteiger partial charge in [-0.25, -0.2) is 9.13 Å². The van der Waals surface area contributed by atoms with Crippen LogP contribution in [-0.2, 0) is 65.4 Å². The van der Waals surface area contributed by atoms with Crippen molar-refractivity contribution < 1.29 is 80.2 Å². The molecule has 0 aromatic heterocycles. The van der Waals surface area contributed by atoms with Gasteiger partial charge in [-0.1, -0.05) is 383 Å². The van der Waals surface area contributed by atoms with E-state index in [4.69, 9.17) is 37.0 Å². The second-order valence-electron chi connectivity index (χ2n) is 32.1. The van der Waals surface area contributed by atoms with Gasteiger partial charge < -0.3 is 33.8 Å². The minimum absolute atomic E-state index is 0.105. The second-order valence-corrected chi connectivity index (χ2v) is 35.0. The standard InChI is InChI=1S/C84H164O17P2/c1-74(2)60-52-44-36-30-24-19-15-11-9-10-12-17-21-27-33-39-48-56-64-81(86)94-70-79(100-83(88)66-58-50-40-34-28-22-18-14-13-16-20-25-31-37-45-53-61-75(3)4)72-98-102(90,91)96-68-78(85)69-97-103(92,93)99-73-80(71-95-82(87)65-57-49-43-42-47-55-63-77(7)8)101-84(89)67-59-51-41-35-29-23-26-32-38-46-54-62-76(5)6/h74-80,85H,9-73H2,1-8H3,(H,90,91)(H,92,93)/t78-,79-,80-/m1/s1. The molecule has 612 valence electrons. The van der Waals surface area contributed by atoms with E-state index in [0.29, 0.717) is 31.6 Å². The molecule has 0 aromatic carbocycles. The number of rotatable bonds is 81. The molecule has 0 amide bonds. The highest BCUT2D eigenvalue weighted by molar-refractivity contribution is 7.47. The Bertz CT molecular complexity index is 2010. The Hall–Kier alpha value is -1.94. The summed E-state index contributed by atoms with van der Waals surface area (Å²) in [6.07, 6.45) is 61.3. The van der Waals surface area contributed by atoms with Crippen molar-refractivity contribution in [3.8, 4) is 0 Å². The number of hydrogen-bond donors (Lipinski definition) is 3. The Morgan fingerprint density at radius 1 is 0.243 bits per heavy atom. The van der Waals surface area contributed by atoms with Crippen LogP contribution >= 0.6 is 15.6 Å². The van der Waals surface area contributed by atoms with Crippen LogP contribution in [0.4, 0.5) is 0 Å². The average molecular weight is 1510 g/mol. The molecule has 103 heavy (non-hydrogen) atoms. The van der Waals surface area contributed by atoms with Crippen LogP contribution in [0.1, 0.15) is 434 Å². The summed E-state index contributed by atoms with van der Waals surface area (Å²) in [5.41, 5.74) is 0. The number of aliphatic hydroxyl groups excluding tert-OH is 1. The maximum absolute atomic E-state index is 13.1. The zero-order valence-electron chi connectivity index (χ0n) is 68.0. The van der Waals surface area contributed by atoms with Gasteiger partial charge in [-0.2, -0.15) is 0 Å². The van der Waals surface area contributed by atoms with Crippen molar-refractivity contribution >= 4 is 39.5 Å². The summed E-state index contributed by atoms with van der Waals surface area (Å²) in [5, 5.41) is 10.7. The van der Waals surface area contributed by atoms with Gasteiger partial charge in [0, 0.05) is 25.7 Å². The van der Waals surface area contributed by atoms with Crippen LogP contribution < -0.4 is 0 Å². The van der Waals surface area contributed by atoms with Crippen molar-refractivity contribution in [2.24, 2.45) is 23.7 Å². The van der Waals surface area contributed by atoms with E-state index < -0.39 is 97.5 Å². The highest BCUT2D eigenvalue weighted by Crippen LogP contribution is 2.45. The molecule has 0 aliphatic heterocycles. The zero-order chi connectivity index (χ0) is 76.0. The van der Waals surface area contributed by atoms with Crippen LogP contribution in [0.2, 0.25) is 0 Å². The number of phosphoric ester groups is 2.